The standard InChI is InChI=1S/C18H21NO5/c1-16(2)17(3)6-7-18(16,24-15(17)21)14(20)19-9-11-4-5-12-13(8-11)23-10-22-12/h4-5,8H,6-7,9-10H2,1-3H3,(H,19,20)/t17-,18-/m0/s1. The van der Waals surface area contributed by atoms with Crippen LogP contribution in [0.1, 0.15) is 39.2 Å². The topological polar surface area (TPSA) is 73.9 Å². The Morgan fingerprint density at radius 2 is 1.92 bits per heavy atom. The van der Waals surface area contributed by atoms with E-state index in [2.05, 4.69) is 5.32 Å². The molecule has 6 heteroatoms. The van der Waals surface area contributed by atoms with Gasteiger partial charge in [0, 0.05) is 12.0 Å². The minimum Gasteiger partial charge on any atom is -0.454 e. The molecule has 2 atom stereocenters. The highest BCUT2D eigenvalue weighted by Gasteiger charge is 2.75. The van der Waals surface area contributed by atoms with Crippen molar-refractivity contribution in [3.8, 4) is 11.5 Å². The quantitative estimate of drug-likeness (QED) is 0.859. The third-order valence-corrected chi connectivity index (χ3v) is 6.34. The zero-order valence-electron chi connectivity index (χ0n) is 14.1. The van der Waals surface area contributed by atoms with Crippen LogP contribution in [0.5, 0.6) is 11.5 Å². The van der Waals surface area contributed by atoms with Gasteiger partial charge in [0.15, 0.2) is 17.1 Å². The van der Waals surface area contributed by atoms with Gasteiger partial charge < -0.3 is 19.5 Å². The van der Waals surface area contributed by atoms with Crippen molar-refractivity contribution < 1.29 is 23.8 Å². The summed E-state index contributed by atoms with van der Waals surface area (Å²) in [5, 5.41) is 2.93. The lowest BCUT2D eigenvalue weighted by Crippen LogP contribution is -2.53. The number of esters is 1. The van der Waals surface area contributed by atoms with Crippen molar-refractivity contribution in [1.29, 1.82) is 0 Å². The van der Waals surface area contributed by atoms with Crippen LogP contribution in [0.4, 0.5) is 0 Å². The average Bonchev–Trinajstić information content (AvgIpc) is 3.13. The lowest BCUT2D eigenvalue weighted by atomic mass is 9.66. The molecule has 2 bridgehead atoms. The highest BCUT2D eigenvalue weighted by atomic mass is 16.7. The normalized spacial score (nSPS) is 31.9. The fourth-order valence-corrected chi connectivity index (χ4v) is 4.12. The number of hydrogen-bond donors (Lipinski definition) is 1. The molecule has 3 aliphatic rings. The maximum atomic E-state index is 12.9. The van der Waals surface area contributed by atoms with E-state index in [4.69, 9.17) is 14.2 Å². The lowest BCUT2D eigenvalue weighted by molar-refractivity contribution is -0.168. The molecule has 24 heavy (non-hydrogen) atoms. The molecule has 1 N–H and O–H groups in total. The number of amides is 1. The van der Waals surface area contributed by atoms with Gasteiger partial charge in [-0.2, -0.15) is 0 Å². The van der Waals surface area contributed by atoms with Crippen molar-refractivity contribution in [2.45, 2.75) is 45.8 Å². The van der Waals surface area contributed by atoms with Crippen molar-refractivity contribution in [2.75, 3.05) is 6.79 Å². The number of carbonyl (C=O) groups excluding carboxylic acids is 2. The first-order valence-corrected chi connectivity index (χ1v) is 8.20. The Labute approximate surface area is 140 Å². The summed E-state index contributed by atoms with van der Waals surface area (Å²) in [6, 6.07) is 5.56. The van der Waals surface area contributed by atoms with Gasteiger partial charge in [0.25, 0.3) is 5.91 Å². The monoisotopic (exact) mass is 331 g/mol. The van der Waals surface area contributed by atoms with Crippen LogP contribution in [0.25, 0.3) is 0 Å². The molecule has 1 saturated carbocycles. The molecule has 1 aromatic rings. The van der Waals surface area contributed by atoms with Gasteiger partial charge in [-0.05, 0) is 37.5 Å². The van der Waals surface area contributed by atoms with E-state index in [0.717, 1.165) is 5.56 Å². The van der Waals surface area contributed by atoms with E-state index in [-0.39, 0.29) is 18.7 Å². The van der Waals surface area contributed by atoms with E-state index in [1.54, 1.807) is 0 Å². The summed E-state index contributed by atoms with van der Waals surface area (Å²) in [4.78, 5) is 25.1. The number of hydrogen-bond acceptors (Lipinski definition) is 5. The van der Waals surface area contributed by atoms with Gasteiger partial charge in [0.1, 0.15) is 0 Å². The number of carbonyl (C=O) groups is 2. The molecule has 2 aliphatic heterocycles. The third kappa shape index (κ3) is 1.71. The van der Waals surface area contributed by atoms with E-state index in [1.807, 2.05) is 39.0 Å². The first-order chi connectivity index (χ1) is 11.3. The van der Waals surface area contributed by atoms with Crippen LogP contribution in [0.3, 0.4) is 0 Å². The molecule has 0 radical (unpaired) electrons. The van der Waals surface area contributed by atoms with Crippen molar-refractivity contribution in [3.05, 3.63) is 23.8 Å². The van der Waals surface area contributed by atoms with Gasteiger partial charge in [-0.3, -0.25) is 9.59 Å². The molecule has 128 valence electrons. The van der Waals surface area contributed by atoms with Crippen LogP contribution < -0.4 is 14.8 Å². The van der Waals surface area contributed by atoms with Crippen LogP contribution in [0.15, 0.2) is 18.2 Å². The summed E-state index contributed by atoms with van der Waals surface area (Å²) in [7, 11) is 0. The predicted octanol–water partition coefficient (Wildman–Crippen LogP) is 2.15. The van der Waals surface area contributed by atoms with Crippen molar-refractivity contribution in [2.24, 2.45) is 10.8 Å². The SMILES string of the molecule is CC1(C)[C@@]2(C)CC[C@@]1(C(=O)NCc1ccc3c(c1)OCO3)OC2=O. The van der Waals surface area contributed by atoms with Gasteiger partial charge in [0.05, 0.1) is 5.41 Å². The number of rotatable bonds is 3. The minimum absolute atomic E-state index is 0.219. The van der Waals surface area contributed by atoms with E-state index in [0.29, 0.717) is 30.9 Å². The minimum atomic E-state index is -1.07. The summed E-state index contributed by atoms with van der Waals surface area (Å²) in [6.07, 6.45) is 1.24. The van der Waals surface area contributed by atoms with E-state index in [9.17, 15) is 9.59 Å². The molecule has 2 heterocycles. The number of nitrogens with one attached hydrogen (secondary N) is 1. The van der Waals surface area contributed by atoms with Crippen molar-refractivity contribution in [1.82, 2.24) is 5.32 Å². The van der Waals surface area contributed by atoms with E-state index in [1.165, 1.54) is 0 Å². The average molecular weight is 331 g/mol. The van der Waals surface area contributed by atoms with E-state index < -0.39 is 16.4 Å². The Morgan fingerprint density at radius 1 is 1.17 bits per heavy atom. The first kappa shape index (κ1) is 15.3. The Balaban J connectivity index is 1.52. The molecule has 4 rings (SSSR count). The zero-order valence-corrected chi connectivity index (χ0v) is 14.1. The van der Waals surface area contributed by atoms with Gasteiger partial charge in [-0.1, -0.05) is 19.9 Å². The Morgan fingerprint density at radius 3 is 2.58 bits per heavy atom. The fourth-order valence-electron chi connectivity index (χ4n) is 4.12. The Kier molecular flexibility index (Phi) is 2.96. The van der Waals surface area contributed by atoms with Crippen LogP contribution in [0, 0.1) is 10.8 Å². The largest absolute Gasteiger partial charge is 0.454 e. The van der Waals surface area contributed by atoms with Gasteiger partial charge >= 0.3 is 5.97 Å². The second-order valence-corrected chi connectivity index (χ2v) is 7.54. The van der Waals surface area contributed by atoms with Gasteiger partial charge in [-0.15, -0.1) is 0 Å². The molecule has 0 unspecified atom stereocenters. The number of ether oxygens (including phenoxy) is 3. The van der Waals surface area contributed by atoms with Crippen LogP contribution >= 0.6 is 0 Å². The van der Waals surface area contributed by atoms with Crippen LogP contribution in [-0.2, 0) is 20.9 Å². The first-order valence-electron chi connectivity index (χ1n) is 8.20. The molecule has 1 aromatic carbocycles. The zero-order chi connectivity index (χ0) is 17.2. The van der Waals surface area contributed by atoms with Gasteiger partial charge in [0.2, 0.25) is 6.79 Å². The van der Waals surface area contributed by atoms with Crippen LogP contribution in [-0.4, -0.2) is 24.3 Å². The Bertz CT molecular complexity index is 743. The third-order valence-electron chi connectivity index (χ3n) is 6.34. The summed E-state index contributed by atoms with van der Waals surface area (Å²) < 4.78 is 16.2. The smallest absolute Gasteiger partial charge is 0.313 e. The lowest BCUT2D eigenvalue weighted by Gasteiger charge is -2.35. The molecule has 6 nitrogen and oxygen atoms in total. The van der Waals surface area contributed by atoms with E-state index >= 15 is 0 Å². The second-order valence-electron chi connectivity index (χ2n) is 7.54. The van der Waals surface area contributed by atoms with Crippen LogP contribution in [0.2, 0.25) is 0 Å². The Hall–Kier alpha value is -2.24. The number of fused-ring (bicyclic) bond motifs is 3. The molecule has 0 spiro atoms. The highest BCUT2D eigenvalue weighted by Crippen LogP contribution is 2.65. The summed E-state index contributed by atoms with van der Waals surface area (Å²) in [5.41, 5.74) is -1.29. The maximum Gasteiger partial charge on any atom is 0.313 e. The number of benzene rings is 1. The van der Waals surface area contributed by atoms with Gasteiger partial charge in [-0.25, -0.2) is 0 Å². The van der Waals surface area contributed by atoms with Crippen molar-refractivity contribution >= 4 is 11.9 Å². The molecule has 1 amide bonds. The molecule has 1 aliphatic carbocycles. The molecule has 2 fully saturated rings. The molecule has 0 aromatic heterocycles. The summed E-state index contributed by atoms with van der Waals surface area (Å²) >= 11 is 0. The molecular weight excluding hydrogens is 310 g/mol. The fraction of sp³-hybridized carbons (Fsp3) is 0.556. The summed E-state index contributed by atoms with van der Waals surface area (Å²) in [6.45, 7) is 6.36. The molecular formula is C18H21NO5. The maximum absolute atomic E-state index is 12.9. The predicted molar refractivity (Wildman–Crippen MR) is 84.4 cm³/mol. The second kappa shape index (κ2) is 4.65. The molecule has 1 saturated heterocycles. The van der Waals surface area contributed by atoms with Crippen molar-refractivity contribution in [3.63, 3.8) is 0 Å². The highest BCUT2D eigenvalue weighted by molar-refractivity contribution is 5.96. The summed E-state index contributed by atoms with van der Waals surface area (Å²) in [5.74, 6) is 0.902.